The lowest BCUT2D eigenvalue weighted by Crippen LogP contribution is -2.70. The smallest absolute Gasteiger partial charge is 0.182 e. The summed E-state index contributed by atoms with van der Waals surface area (Å²) in [6, 6.07) is 0. The van der Waals surface area contributed by atoms with E-state index in [1.54, 1.807) is 19.9 Å². The van der Waals surface area contributed by atoms with Crippen molar-refractivity contribution in [2.24, 2.45) is 22.7 Å². The van der Waals surface area contributed by atoms with Crippen LogP contribution in [0.3, 0.4) is 0 Å². The first-order valence-corrected chi connectivity index (χ1v) is 12.0. The number of Topliss-reactive ketones (excluding diaryl/α,β-unsaturated/α-hetero) is 1. The second-order valence-corrected chi connectivity index (χ2v) is 11.5. The van der Waals surface area contributed by atoms with Crippen LogP contribution in [0.2, 0.25) is 0 Å². The molecule has 8 atom stereocenters. The Kier molecular flexibility index (Phi) is 4.54. The van der Waals surface area contributed by atoms with E-state index in [1.807, 2.05) is 13.8 Å². The number of rotatable bonds is 2. The Morgan fingerprint density at radius 3 is 2.65 bits per heavy atom. The van der Waals surface area contributed by atoms with E-state index < -0.39 is 46.0 Å². The molecule has 4 aliphatic carbocycles. The number of hydrogen-bond acceptors (Lipinski definition) is 5. The Bertz CT molecular complexity index is 887. The normalized spacial score (nSPS) is 52.6. The maximum atomic E-state index is 17.2. The maximum Gasteiger partial charge on any atom is 0.182 e. The van der Waals surface area contributed by atoms with Crippen molar-refractivity contribution in [1.82, 2.24) is 0 Å². The Labute approximate surface area is 187 Å². The summed E-state index contributed by atoms with van der Waals surface area (Å²) in [6.07, 6.45) is 2.28. The quantitative estimate of drug-likeness (QED) is 0.641. The van der Waals surface area contributed by atoms with Gasteiger partial charge >= 0.3 is 0 Å². The number of aliphatic hydroxyl groups is 1. The van der Waals surface area contributed by atoms with Gasteiger partial charge in [0.05, 0.1) is 18.1 Å². The van der Waals surface area contributed by atoms with Crippen molar-refractivity contribution in [3.8, 4) is 0 Å². The Hall–Kier alpha value is -0.820. The molecule has 7 heteroatoms. The third-order valence-corrected chi connectivity index (χ3v) is 9.81. The third kappa shape index (κ3) is 2.43. The molecule has 1 aliphatic heterocycles. The maximum absolute atomic E-state index is 17.2. The molecular formula is C24H32ClFO5. The Morgan fingerprint density at radius 1 is 1.26 bits per heavy atom. The molecule has 0 radical (unpaired) electrons. The highest BCUT2D eigenvalue weighted by Gasteiger charge is 2.80. The summed E-state index contributed by atoms with van der Waals surface area (Å²) in [4.78, 5) is 25.3. The lowest BCUT2D eigenvalue weighted by Gasteiger charge is -2.63. The first-order chi connectivity index (χ1) is 14.4. The van der Waals surface area contributed by atoms with Crippen molar-refractivity contribution in [3.63, 3.8) is 0 Å². The molecule has 0 aromatic carbocycles. The van der Waals surface area contributed by atoms with Crippen molar-refractivity contribution in [1.29, 1.82) is 0 Å². The van der Waals surface area contributed by atoms with Crippen LogP contribution in [0.1, 0.15) is 66.2 Å². The molecule has 4 fully saturated rings. The van der Waals surface area contributed by atoms with Gasteiger partial charge in [0.25, 0.3) is 0 Å². The summed E-state index contributed by atoms with van der Waals surface area (Å²) in [6.45, 7) is 7.38. The van der Waals surface area contributed by atoms with E-state index in [4.69, 9.17) is 21.1 Å². The molecule has 1 heterocycles. The van der Waals surface area contributed by atoms with Gasteiger partial charge in [-0.15, -0.1) is 11.6 Å². The molecule has 5 rings (SSSR count). The van der Waals surface area contributed by atoms with Gasteiger partial charge in [0.1, 0.15) is 5.67 Å². The average Bonchev–Trinajstić information content (AvgIpc) is 3.09. The van der Waals surface area contributed by atoms with Crippen LogP contribution in [-0.2, 0) is 19.1 Å². The van der Waals surface area contributed by atoms with Crippen LogP contribution in [0, 0.1) is 22.7 Å². The van der Waals surface area contributed by atoms with Gasteiger partial charge in [-0.1, -0.05) is 19.4 Å². The van der Waals surface area contributed by atoms with Gasteiger partial charge in [-0.25, -0.2) is 4.39 Å². The predicted molar refractivity (Wildman–Crippen MR) is 112 cm³/mol. The van der Waals surface area contributed by atoms with E-state index in [9.17, 15) is 14.7 Å². The first kappa shape index (κ1) is 22.0. The van der Waals surface area contributed by atoms with Gasteiger partial charge in [0.15, 0.2) is 23.0 Å². The van der Waals surface area contributed by atoms with Crippen molar-refractivity contribution in [2.45, 2.75) is 95.5 Å². The van der Waals surface area contributed by atoms with Gasteiger partial charge in [0, 0.05) is 23.2 Å². The minimum atomic E-state index is -1.86. The number of ether oxygens (including phenoxy) is 2. The summed E-state index contributed by atoms with van der Waals surface area (Å²) in [7, 11) is 0. The van der Waals surface area contributed by atoms with Crippen LogP contribution in [0.15, 0.2) is 11.6 Å². The fourth-order valence-electron chi connectivity index (χ4n) is 8.27. The molecule has 0 spiro atoms. The minimum Gasteiger partial charge on any atom is -0.390 e. The average molecular weight is 455 g/mol. The van der Waals surface area contributed by atoms with Crippen LogP contribution in [0.4, 0.5) is 4.39 Å². The molecule has 0 aromatic rings. The molecule has 0 unspecified atom stereocenters. The van der Waals surface area contributed by atoms with E-state index in [1.165, 1.54) is 0 Å². The van der Waals surface area contributed by atoms with Crippen LogP contribution >= 0.6 is 11.6 Å². The lowest BCUT2D eigenvalue weighted by molar-refractivity contribution is -0.250. The fourth-order valence-corrected chi connectivity index (χ4v) is 8.47. The molecule has 3 saturated carbocycles. The van der Waals surface area contributed by atoms with E-state index in [2.05, 4.69) is 0 Å². The number of allylic oxidation sites excluding steroid dienone is 1. The summed E-state index contributed by atoms with van der Waals surface area (Å²) in [5.74, 6) is -2.02. The molecule has 31 heavy (non-hydrogen) atoms. The molecule has 1 N–H and O–H groups in total. The first-order valence-electron chi connectivity index (χ1n) is 11.4. The van der Waals surface area contributed by atoms with Gasteiger partial charge in [-0.05, 0) is 57.9 Å². The highest BCUT2D eigenvalue weighted by Crippen LogP contribution is 2.72. The van der Waals surface area contributed by atoms with Crippen LogP contribution in [0.5, 0.6) is 0 Å². The molecule has 0 aromatic heterocycles. The second kappa shape index (κ2) is 6.40. The van der Waals surface area contributed by atoms with Gasteiger partial charge < -0.3 is 14.6 Å². The zero-order chi connectivity index (χ0) is 22.6. The summed E-state index contributed by atoms with van der Waals surface area (Å²) >= 11 is 6.05. The van der Waals surface area contributed by atoms with Crippen molar-refractivity contribution >= 4 is 23.2 Å². The van der Waals surface area contributed by atoms with E-state index >= 15 is 4.39 Å². The number of ketones is 2. The number of carbonyl (C=O) groups is 2. The fraction of sp³-hybridized carbons (Fsp3) is 0.833. The Morgan fingerprint density at radius 2 is 1.97 bits per heavy atom. The zero-order valence-corrected chi connectivity index (χ0v) is 19.4. The van der Waals surface area contributed by atoms with E-state index in [0.29, 0.717) is 32.1 Å². The lowest BCUT2D eigenvalue weighted by atomic mass is 9.44. The highest BCUT2D eigenvalue weighted by atomic mass is 35.5. The topological polar surface area (TPSA) is 72.8 Å². The van der Waals surface area contributed by atoms with Gasteiger partial charge in [0.2, 0.25) is 0 Å². The minimum absolute atomic E-state index is 0.0377. The van der Waals surface area contributed by atoms with E-state index in [0.717, 1.165) is 5.57 Å². The number of carbonyl (C=O) groups excluding carboxylic acids is 2. The molecule has 0 amide bonds. The molecule has 172 valence electrons. The van der Waals surface area contributed by atoms with Crippen LogP contribution in [-0.4, -0.2) is 51.8 Å². The third-order valence-electron chi connectivity index (χ3n) is 9.57. The number of halogens is 2. The van der Waals surface area contributed by atoms with Gasteiger partial charge in [-0.2, -0.15) is 0 Å². The molecule has 5 nitrogen and oxygen atoms in total. The molecule has 5 aliphatic rings. The largest absolute Gasteiger partial charge is 0.390 e. The SMILES string of the molecule is CC1(C)O[C@@H]2C[C@H]3[C@@H]4CCC5=CC(=O)CC[C@]5(C)[C@]4(F)[C@H](O)C[C@]3(C)[C@]2(C(=O)CCl)O1. The van der Waals surface area contributed by atoms with Crippen LogP contribution in [0.25, 0.3) is 0 Å². The summed E-state index contributed by atoms with van der Waals surface area (Å²) < 4.78 is 29.7. The van der Waals surface area contributed by atoms with Crippen molar-refractivity contribution in [2.75, 3.05) is 5.88 Å². The zero-order valence-electron chi connectivity index (χ0n) is 18.7. The monoisotopic (exact) mass is 454 g/mol. The summed E-state index contributed by atoms with van der Waals surface area (Å²) in [5, 5.41) is 11.4. The second-order valence-electron chi connectivity index (χ2n) is 11.3. The number of aliphatic hydroxyl groups excluding tert-OH is 1. The number of fused-ring (bicyclic) bond motifs is 7. The predicted octanol–water partition coefficient (Wildman–Crippen LogP) is 3.89. The van der Waals surface area contributed by atoms with Gasteiger partial charge in [-0.3, -0.25) is 9.59 Å². The number of alkyl halides is 2. The highest BCUT2D eigenvalue weighted by molar-refractivity contribution is 6.29. The molecule has 0 bridgehead atoms. The summed E-state index contributed by atoms with van der Waals surface area (Å²) in [5.41, 5.74) is -4.00. The number of hydrogen-bond donors (Lipinski definition) is 1. The standard InChI is InChI=1S/C24H32ClFO5/c1-20(2)30-19-10-16-15-6-5-13-9-14(27)7-8-21(13,3)23(15,26)17(28)11-22(16,4)24(19,31-20)18(29)12-25/h9,15-17,19,28H,5-8,10-12H2,1-4H3/t15-,16-,17+,19+,21-,22-,23+,24+/m0/s1. The van der Waals surface area contributed by atoms with Crippen molar-refractivity contribution < 1.29 is 28.6 Å². The Balaban J connectivity index is 1.63. The molecule has 1 saturated heterocycles. The molecular weight excluding hydrogens is 423 g/mol. The van der Waals surface area contributed by atoms with E-state index in [-0.39, 0.29) is 29.8 Å². The van der Waals surface area contributed by atoms with Crippen LogP contribution < -0.4 is 0 Å². The van der Waals surface area contributed by atoms with Crippen molar-refractivity contribution in [3.05, 3.63) is 11.6 Å².